The SMILES string of the molecule is O=C(C1CCCNC1)N(Cc1cccc(Cl)c1Cl)C1CC1. The molecule has 1 N–H and O–H groups in total. The van der Waals surface area contributed by atoms with Crippen molar-refractivity contribution in [1.82, 2.24) is 10.2 Å². The summed E-state index contributed by atoms with van der Waals surface area (Å²) in [6.45, 7) is 2.39. The van der Waals surface area contributed by atoms with Gasteiger partial charge in [-0.15, -0.1) is 0 Å². The molecule has 5 heteroatoms. The minimum absolute atomic E-state index is 0.109. The second-order valence-electron chi connectivity index (χ2n) is 5.95. The highest BCUT2D eigenvalue weighted by Gasteiger charge is 2.36. The van der Waals surface area contributed by atoms with Crippen LogP contribution in [0.5, 0.6) is 0 Å². The summed E-state index contributed by atoms with van der Waals surface area (Å²) in [5.74, 6) is 0.373. The Morgan fingerprint density at radius 2 is 2.10 bits per heavy atom. The van der Waals surface area contributed by atoms with Crippen molar-refractivity contribution in [2.24, 2.45) is 5.92 Å². The molecule has 1 saturated carbocycles. The third kappa shape index (κ3) is 3.53. The fraction of sp³-hybridized carbons (Fsp3) is 0.562. The summed E-state index contributed by atoms with van der Waals surface area (Å²) in [5, 5.41) is 4.44. The first-order valence-electron chi connectivity index (χ1n) is 7.61. The Morgan fingerprint density at radius 1 is 1.29 bits per heavy atom. The number of hydrogen-bond acceptors (Lipinski definition) is 2. The largest absolute Gasteiger partial charge is 0.335 e. The van der Waals surface area contributed by atoms with Crippen molar-refractivity contribution in [3.8, 4) is 0 Å². The summed E-state index contributed by atoms with van der Waals surface area (Å²) >= 11 is 12.3. The highest BCUT2D eigenvalue weighted by Crippen LogP contribution is 2.33. The molecule has 0 spiro atoms. The molecule has 1 atom stereocenters. The lowest BCUT2D eigenvalue weighted by Gasteiger charge is -2.30. The lowest BCUT2D eigenvalue weighted by atomic mass is 9.97. The van der Waals surface area contributed by atoms with E-state index in [0.29, 0.717) is 22.6 Å². The number of benzene rings is 1. The van der Waals surface area contributed by atoms with Crippen LogP contribution in [0.1, 0.15) is 31.2 Å². The molecule has 2 fully saturated rings. The van der Waals surface area contributed by atoms with E-state index in [1.54, 1.807) is 6.07 Å². The van der Waals surface area contributed by atoms with Crippen molar-refractivity contribution in [2.45, 2.75) is 38.3 Å². The lowest BCUT2D eigenvalue weighted by molar-refractivity contribution is -0.137. The summed E-state index contributed by atoms with van der Waals surface area (Å²) in [4.78, 5) is 14.8. The molecule has 3 rings (SSSR count). The van der Waals surface area contributed by atoms with Gasteiger partial charge in [0.2, 0.25) is 5.91 Å². The average molecular weight is 327 g/mol. The summed E-state index contributed by atoms with van der Waals surface area (Å²) in [6, 6.07) is 6.01. The van der Waals surface area contributed by atoms with E-state index in [4.69, 9.17) is 23.2 Å². The van der Waals surface area contributed by atoms with E-state index in [2.05, 4.69) is 5.32 Å². The Bertz CT molecular complexity index is 525. The summed E-state index contributed by atoms with van der Waals surface area (Å²) in [6.07, 6.45) is 4.26. The van der Waals surface area contributed by atoms with Gasteiger partial charge in [0.05, 0.1) is 16.0 Å². The maximum absolute atomic E-state index is 12.8. The molecule has 1 heterocycles. The van der Waals surface area contributed by atoms with E-state index in [1.807, 2.05) is 17.0 Å². The van der Waals surface area contributed by atoms with Crippen LogP contribution in [-0.2, 0) is 11.3 Å². The topological polar surface area (TPSA) is 32.3 Å². The highest BCUT2D eigenvalue weighted by molar-refractivity contribution is 6.42. The van der Waals surface area contributed by atoms with Crippen LogP contribution in [0.25, 0.3) is 0 Å². The van der Waals surface area contributed by atoms with Crippen LogP contribution in [-0.4, -0.2) is 29.9 Å². The minimum Gasteiger partial charge on any atom is -0.335 e. The van der Waals surface area contributed by atoms with E-state index in [9.17, 15) is 4.79 Å². The van der Waals surface area contributed by atoms with Crippen LogP contribution in [0.2, 0.25) is 10.0 Å². The Labute approximate surface area is 135 Å². The number of rotatable bonds is 4. The molecule has 0 bridgehead atoms. The van der Waals surface area contributed by atoms with Crippen LogP contribution in [0, 0.1) is 5.92 Å². The smallest absolute Gasteiger partial charge is 0.227 e. The van der Waals surface area contributed by atoms with E-state index in [0.717, 1.165) is 44.3 Å². The maximum atomic E-state index is 12.8. The van der Waals surface area contributed by atoms with Gasteiger partial charge in [-0.25, -0.2) is 0 Å². The molecule has 21 heavy (non-hydrogen) atoms. The predicted molar refractivity (Wildman–Crippen MR) is 85.6 cm³/mol. The number of hydrogen-bond donors (Lipinski definition) is 1. The fourth-order valence-electron chi connectivity index (χ4n) is 2.92. The summed E-state index contributed by atoms with van der Waals surface area (Å²) in [7, 11) is 0. The second kappa shape index (κ2) is 6.55. The van der Waals surface area contributed by atoms with Gasteiger partial charge in [0, 0.05) is 19.1 Å². The molecule has 1 unspecified atom stereocenters. The van der Waals surface area contributed by atoms with E-state index in [1.165, 1.54) is 0 Å². The number of amides is 1. The third-order valence-corrected chi connectivity index (χ3v) is 5.15. The van der Waals surface area contributed by atoms with Gasteiger partial charge in [-0.2, -0.15) is 0 Å². The summed E-state index contributed by atoms with van der Waals surface area (Å²) < 4.78 is 0. The minimum atomic E-state index is 0.109. The number of nitrogens with one attached hydrogen (secondary N) is 1. The molecule has 114 valence electrons. The van der Waals surface area contributed by atoms with Gasteiger partial charge in [0.25, 0.3) is 0 Å². The molecule has 2 aliphatic rings. The molecule has 1 aromatic carbocycles. The molecule has 1 saturated heterocycles. The number of halogens is 2. The van der Waals surface area contributed by atoms with Crippen LogP contribution in [0.15, 0.2) is 18.2 Å². The van der Waals surface area contributed by atoms with Crippen molar-refractivity contribution < 1.29 is 4.79 Å². The normalized spacial score (nSPS) is 22.1. The maximum Gasteiger partial charge on any atom is 0.227 e. The number of carbonyl (C=O) groups is 1. The van der Waals surface area contributed by atoms with Gasteiger partial charge in [-0.1, -0.05) is 35.3 Å². The highest BCUT2D eigenvalue weighted by atomic mass is 35.5. The van der Waals surface area contributed by atoms with Crippen LogP contribution < -0.4 is 5.32 Å². The van der Waals surface area contributed by atoms with Crippen molar-refractivity contribution in [2.75, 3.05) is 13.1 Å². The Kier molecular flexibility index (Phi) is 4.72. The van der Waals surface area contributed by atoms with E-state index >= 15 is 0 Å². The van der Waals surface area contributed by atoms with Crippen LogP contribution in [0.4, 0.5) is 0 Å². The average Bonchev–Trinajstić information content (AvgIpc) is 3.34. The lowest BCUT2D eigenvalue weighted by Crippen LogP contribution is -2.43. The molecule has 3 nitrogen and oxygen atoms in total. The first kappa shape index (κ1) is 15.1. The van der Waals surface area contributed by atoms with E-state index < -0.39 is 0 Å². The first-order chi connectivity index (χ1) is 10.2. The fourth-order valence-corrected chi connectivity index (χ4v) is 3.30. The quantitative estimate of drug-likeness (QED) is 0.918. The van der Waals surface area contributed by atoms with Crippen LogP contribution >= 0.6 is 23.2 Å². The second-order valence-corrected chi connectivity index (χ2v) is 6.74. The number of carbonyl (C=O) groups excluding carboxylic acids is 1. The first-order valence-corrected chi connectivity index (χ1v) is 8.36. The monoisotopic (exact) mass is 326 g/mol. The molecule has 1 amide bonds. The molecule has 1 aromatic rings. The molecule has 0 aromatic heterocycles. The van der Waals surface area contributed by atoms with Gasteiger partial charge in [0.1, 0.15) is 0 Å². The standard InChI is InChI=1S/C16H20Cl2N2O/c17-14-5-1-3-12(15(14)18)10-20(13-6-7-13)16(21)11-4-2-8-19-9-11/h1,3,5,11,13,19H,2,4,6-10H2. The van der Waals surface area contributed by atoms with Crippen molar-refractivity contribution in [3.05, 3.63) is 33.8 Å². The van der Waals surface area contributed by atoms with Gasteiger partial charge < -0.3 is 10.2 Å². The van der Waals surface area contributed by atoms with Gasteiger partial charge in [-0.3, -0.25) is 4.79 Å². The zero-order valence-electron chi connectivity index (χ0n) is 11.9. The van der Waals surface area contributed by atoms with Gasteiger partial charge >= 0.3 is 0 Å². The van der Waals surface area contributed by atoms with Gasteiger partial charge in [-0.05, 0) is 43.9 Å². The van der Waals surface area contributed by atoms with Gasteiger partial charge in [0.15, 0.2) is 0 Å². The zero-order valence-corrected chi connectivity index (χ0v) is 13.5. The van der Waals surface area contributed by atoms with Crippen molar-refractivity contribution in [1.29, 1.82) is 0 Å². The molecule has 1 aliphatic carbocycles. The third-order valence-electron chi connectivity index (χ3n) is 4.29. The van der Waals surface area contributed by atoms with E-state index in [-0.39, 0.29) is 11.8 Å². The molecular weight excluding hydrogens is 307 g/mol. The Morgan fingerprint density at radius 3 is 2.76 bits per heavy atom. The Hall–Kier alpha value is -0.770. The van der Waals surface area contributed by atoms with Crippen molar-refractivity contribution >= 4 is 29.1 Å². The predicted octanol–water partition coefficient (Wildman–Crippen LogP) is 3.48. The summed E-state index contributed by atoms with van der Waals surface area (Å²) in [5.41, 5.74) is 0.938. The number of nitrogens with zero attached hydrogens (tertiary/aromatic N) is 1. The van der Waals surface area contributed by atoms with Crippen LogP contribution in [0.3, 0.4) is 0 Å². The molecule has 1 aliphatic heterocycles. The Balaban J connectivity index is 1.75. The van der Waals surface area contributed by atoms with Crippen molar-refractivity contribution in [3.63, 3.8) is 0 Å². The molecule has 0 radical (unpaired) electrons. The number of piperidine rings is 1. The zero-order chi connectivity index (χ0) is 14.8. The molecular formula is C16H20Cl2N2O.